The zero-order valence-corrected chi connectivity index (χ0v) is 14.0. The summed E-state index contributed by atoms with van der Waals surface area (Å²) in [6, 6.07) is 0.978. The number of aryl methyl sites for hydroxylation is 1. The van der Waals surface area contributed by atoms with Gasteiger partial charge in [-0.25, -0.2) is 4.98 Å². The Hall–Kier alpha value is -0.410. The fourth-order valence-electron chi connectivity index (χ4n) is 3.96. The Morgan fingerprint density at radius 2 is 1.84 bits per heavy atom. The van der Waals surface area contributed by atoms with E-state index in [2.05, 4.69) is 51.8 Å². The molecule has 1 aromatic heterocycles. The van der Waals surface area contributed by atoms with Crippen LogP contribution in [0.1, 0.15) is 69.8 Å². The lowest BCUT2D eigenvalue weighted by Gasteiger charge is -2.45. The number of thiazole rings is 1. The first-order valence-electron chi connectivity index (χ1n) is 7.35. The third-order valence-electron chi connectivity index (χ3n) is 4.05. The molecule has 1 atom stereocenters. The van der Waals surface area contributed by atoms with Crippen molar-refractivity contribution in [2.45, 2.75) is 72.9 Å². The molecule has 0 saturated heterocycles. The van der Waals surface area contributed by atoms with Gasteiger partial charge in [0.25, 0.3) is 0 Å². The number of hydrogen-bond acceptors (Lipinski definition) is 3. The van der Waals surface area contributed by atoms with Gasteiger partial charge in [0.15, 0.2) is 0 Å². The van der Waals surface area contributed by atoms with Crippen LogP contribution in [-0.4, -0.2) is 11.0 Å². The molecule has 1 aromatic rings. The predicted molar refractivity (Wildman–Crippen MR) is 83.6 cm³/mol. The standard InChI is InChI=1S/C16H28N2S/c1-11-9-17-14(19-11)12(2)18-13-7-15(3,4)10-16(5,6)8-13/h9,12-13,18H,7-8,10H2,1-6H3. The number of rotatable bonds is 3. The van der Waals surface area contributed by atoms with Gasteiger partial charge in [0.05, 0.1) is 6.04 Å². The molecule has 0 aliphatic heterocycles. The lowest BCUT2D eigenvalue weighted by atomic mass is 9.63. The monoisotopic (exact) mass is 280 g/mol. The van der Waals surface area contributed by atoms with Crippen molar-refractivity contribution in [1.29, 1.82) is 0 Å². The Labute approximate surface area is 122 Å². The number of hydrogen-bond donors (Lipinski definition) is 1. The first-order chi connectivity index (χ1) is 8.67. The molecule has 0 amide bonds. The van der Waals surface area contributed by atoms with E-state index < -0.39 is 0 Å². The van der Waals surface area contributed by atoms with Crippen LogP contribution in [-0.2, 0) is 0 Å². The lowest BCUT2D eigenvalue weighted by molar-refractivity contribution is 0.0811. The Bertz CT molecular complexity index is 418. The molecule has 1 fully saturated rings. The summed E-state index contributed by atoms with van der Waals surface area (Å²) in [4.78, 5) is 5.81. The first-order valence-corrected chi connectivity index (χ1v) is 8.17. The second-order valence-corrected chi connectivity index (χ2v) is 9.07. The van der Waals surface area contributed by atoms with E-state index in [1.165, 1.54) is 29.1 Å². The van der Waals surface area contributed by atoms with Gasteiger partial charge in [-0.15, -0.1) is 11.3 Å². The van der Waals surface area contributed by atoms with Crippen LogP contribution < -0.4 is 5.32 Å². The van der Waals surface area contributed by atoms with E-state index in [9.17, 15) is 0 Å². The minimum absolute atomic E-state index is 0.369. The smallest absolute Gasteiger partial charge is 0.109 e. The molecule has 0 bridgehead atoms. The van der Waals surface area contributed by atoms with Crippen LogP contribution in [0.25, 0.3) is 0 Å². The molecule has 1 aliphatic carbocycles. The second-order valence-electron chi connectivity index (χ2n) is 7.81. The molecule has 108 valence electrons. The maximum absolute atomic E-state index is 4.51. The topological polar surface area (TPSA) is 24.9 Å². The zero-order chi connectivity index (χ0) is 14.3. The molecule has 2 nitrogen and oxygen atoms in total. The maximum atomic E-state index is 4.51. The average molecular weight is 280 g/mol. The highest BCUT2D eigenvalue weighted by atomic mass is 32.1. The van der Waals surface area contributed by atoms with E-state index in [4.69, 9.17) is 0 Å². The van der Waals surface area contributed by atoms with Crippen molar-refractivity contribution in [3.8, 4) is 0 Å². The van der Waals surface area contributed by atoms with E-state index >= 15 is 0 Å². The normalized spacial score (nSPS) is 24.3. The first kappa shape index (κ1) is 15.0. The summed E-state index contributed by atoms with van der Waals surface area (Å²) in [7, 11) is 0. The molecular formula is C16H28N2S. The average Bonchev–Trinajstić information content (AvgIpc) is 2.59. The second kappa shape index (κ2) is 5.17. The van der Waals surface area contributed by atoms with Gasteiger partial charge in [0.2, 0.25) is 0 Å². The number of nitrogens with one attached hydrogen (secondary N) is 1. The largest absolute Gasteiger partial charge is 0.305 e. The van der Waals surface area contributed by atoms with Crippen LogP contribution in [0.3, 0.4) is 0 Å². The minimum atomic E-state index is 0.369. The van der Waals surface area contributed by atoms with E-state index in [1.807, 2.05) is 17.5 Å². The molecule has 19 heavy (non-hydrogen) atoms. The highest BCUT2D eigenvalue weighted by Gasteiger charge is 2.38. The van der Waals surface area contributed by atoms with Gasteiger partial charge in [-0.05, 0) is 43.9 Å². The van der Waals surface area contributed by atoms with Crippen LogP contribution >= 0.6 is 11.3 Å². The Morgan fingerprint density at radius 3 is 2.32 bits per heavy atom. The van der Waals surface area contributed by atoms with Crippen molar-refractivity contribution in [3.05, 3.63) is 16.1 Å². The molecule has 1 saturated carbocycles. The van der Waals surface area contributed by atoms with Crippen LogP contribution in [0, 0.1) is 17.8 Å². The molecule has 1 aliphatic rings. The summed E-state index contributed by atoms with van der Waals surface area (Å²) in [6.07, 6.45) is 5.84. The van der Waals surface area contributed by atoms with Gasteiger partial charge in [0.1, 0.15) is 5.01 Å². The van der Waals surface area contributed by atoms with E-state index in [0.717, 1.165) is 0 Å². The SMILES string of the molecule is Cc1cnc(C(C)NC2CC(C)(C)CC(C)(C)C2)s1. The molecule has 0 spiro atoms. The van der Waals surface area contributed by atoms with Crippen LogP contribution in [0.4, 0.5) is 0 Å². The summed E-state index contributed by atoms with van der Waals surface area (Å²) >= 11 is 1.81. The minimum Gasteiger partial charge on any atom is -0.305 e. The molecule has 0 aromatic carbocycles. The molecule has 0 radical (unpaired) electrons. The Balaban J connectivity index is 2.02. The summed E-state index contributed by atoms with van der Waals surface area (Å²) in [5.74, 6) is 0. The highest BCUT2D eigenvalue weighted by Crippen LogP contribution is 2.46. The number of aromatic nitrogens is 1. The third kappa shape index (κ3) is 4.03. The molecule has 2 rings (SSSR count). The zero-order valence-electron chi connectivity index (χ0n) is 13.2. The Kier molecular flexibility index (Phi) is 4.08. The van der Waals surface area contributed by atoms with E-state index in [0.29, 0.717) is 22.9 Å². The fraction of sp³-hybridized carbons (Fsp3) is 0.812. The molecular weight excluding hydrogens is 252 g/mol. The lowest BCUT2D eigenvalue weighted by Crippen LogP contribution is -2.44. The quantitative estimate of drug-likeness (QED) is 0.867. The van der Waals surface area contributed by atoms with Gasteiger partial charge < -0.3 is 5.32 Å². The maximum Gasteiger partial charge on any atom is 0.109 e. The van der Waals surface area contributed by atoms with Crippen LogP contribution in [0.2, 0.25) is 0 Å². The van der Waals surface area contributed by atoms with E-state index in [1.54, 1.807) is 0 Å². The Morgan fingerprint density at radius 1 is 1.26 bits per heavy atom. The van der Waals surface area contributed by atoms with Crippen molar-refractivity contribution in [2.75, 3.05) is 0 Å². The van der Waals surface area contributed by atoms with Gasteiger partial charge in [-0.2, -0.15) is 0 Å². The van der Waals surface area contributed by atoms with Crippen molar-refractivity contribution in [2.24, 2.45) is 10.8 Å². The molecule has 1 N–H and O–H groups in total. The summed E-state index contributed by atoms with van der Waals surface area (Å²) in [5, 5.41) is 5.03. The summed E-state index contributed by atoms with van der Waals surface area (Å²) in [6.45, 7) is 14.0. The van der Waals surface area contributed by atoms with E-state index in [-0.39, 0.29) is 0 Å². The molecule has 3 heteroatoms. The summed E-state index contributed by atoms with van der Waals surface area (Å²) < 4.78 is 0. The molecule has 1 heterocycles. The van der Waals surface area contributed by atoms with Gasteiger partial charge in [0, 0.05) is 17.1 Å². The van der Waals surface area contributed by atoms with Gasteiger partial charge in [-0.1, -0.05) is 27.7 Å². The van der Waals surface area contributed by atoms with Crippen molar-refractivity contribution < 1.29 is 0 Å². The van der Waals surface area contributed by atoms with Crippen molar-refractivity contribution >= 4 is 11.3 Å². The fourth-order valence-corrected chi connectivity index (χ4v) is 4.75. The third-order valence-corrected chi connectivity index (χ3v) is 5.15. The van der Waals surface area contributed by atoms with Gasteiger partial charge >= 0.3 is 0 Å². The van der Waals surface area contributed by atoms with Crippen LogP contribution in [0.5, 0.6) is 0 Å². The molecule has 1 unspecified atom stereocenters. The highest BCUT2D eigenvalue weighted by molar-refractivity contribution is 7.11. The van der Waals surface area contributed by atoms with Crippen molar-refractivity contribution in [1.82, 2.24) is 10.3 Å². The van der Waals surface area contributed by atoms with Crippen molar-refractivity contribution in [3.63, 3.8) is 0 Å². The number of nitrogens with zero attached hydrogens (tertiary/aromatic N) is 1. The van der Waals surface area contributed by atoms with Crippen LogP contribution in [0.15, 0.2) is 6.20 Å². The summed E-state index contributed by atoms with van der Waals surface area (Å²) in [5.41, 5.74) is 0.885. The van der Waals surface area contributed by atoms with Gasteiger partial charge in [-0.3, -0.25) is 0 Å². The predicted octanol–water partition coefficient (Wildman–Crippen LogP) is 4.71.